The first-order chi connectivity index (χ1) is 8.13. The SMILES string of the molecule is CCCCCCC(=O)Cc1ccc(F)cc1C. The van der Waals surface area contributed by atoms with E-state index in [2.05, 4.69) is 6.92 Å². The van der Waals surface area contributed by atoms with Crippen LogP contribution >= 0.6 is 0 Å². The van der Waals surface area contributed by atoms with E-state index in [1.165, 1.54) is 25.0 Å². The fourth-order valence-corrected chi connectivity index (χ4v) is 1.91. The van der Waals surface area contributed by atoms with Crippen molar-refractivity contribution in [3.8, 4) is 0 Å². The average Bonchev–Trinajstić information content (AvgIpc) is 2.28. The van der Waals surface area contributed by atoms with Gasteiger partial charge in [0.1, 0.15) is 11.6 Å². The number of ketones is 1. The fraction of sp³-hybridized carbons (Fsp3) is 0.533. The Morgan fingerprint density at radius 1 is 1.24 bits per heavy atom. The van der Waals surface area contributed by atoms with Gasteiger partial charge in [0, 0.05) is 12.8 Å². The zero-order valence-electron chi connectivity index (χ0n) is 10.8. The summed E-state index contributed by atoms with van der Waals surface area (Å²) in [4.78, 5) is 11.7. The molecule has 1 rings (SSSR count). The normalized spacial score (nSPS) is 10.5. The van der Waals surface area contributed by atoms with E-state index in [-0.39, 0.29) is 11.6 Å². The summed E-state index contributed by atoms with van der Waals surface area (Å²) in [6, 6.07) is 4.63. The second-order valence-corrected chi connectivity index (χ2v) is 4.60. The first-order valence-electron chi connectivity index (χ1n) is 6.40. The number of halogens is 1. The second-order valence-electron chi connectivity index (χ2n) is 4.60. The lowest BCUT2D eigenvalue weighted by molar-refractivity contribution is -0.118. The van der Waals surface area contributed by atoms with E-state index in [9.17, 15) is 9.18 Å². The summed E-state index contributed by atoms with van der Waals surface area (Å²) < 4.78 is 12.9. The van der Waals surface area contributed by atoms with Gasteiger partial charge in [0.25, 0.3) is 0 Å². The van der Waals surface area contributed by atoms with E-state index in [1.54, 1.807) is 6.07 Å². The Morgan fingerprint density at radius 3 is 2.65 bits per heavy atom. The number of Topliss-reactive ketones (excluding diaryl/α,β-unsaturated/α-hetero) is 1. The number of hydrogen-bond donors (Lipinski definition) is 0. The molecule has 1 nitrogen and oxygen atoms in total. The summed E-state index contributed by atoms with van der Waals surface area (Å²) in [7, 11) is 0. The van der Waals surface area contributed by atoms with E-state index in [0.29, 0.717) is 12.8 Å². The van der Waals surface area contributed by atoms with Gasteiger partial charge in [-0.25, -0.2) is 4.39 Å². The van der Waals surface area contributed by atoms with Crippen LogP contribution in [0.2, 0.25) is 0 Å². The Morgan fingerprint density at radius 2 is 2.00 bits per heavy atom. The Bertz CT molecular complexity index is 371. The molecule has 1 aromatic carbocycles. The number of rotatable bonds is 7. The number of unbranched alkanes of at least 4 members (excludes halogenated alkanes) is 3. The molecule has 0 saturated heterocycles. The molecule has 0 amide bonds. The van der Waals surface area contributed by atoms with Crippen molar-refractivity contribution >= 4 is 5.78 Å². The number of benzene rings is 1. The minimum atomic E-state index is -0.235. The van der Waals surface area contributed by atoms with Crippen LogP contribution < -0.4 is 0 Å². The van der Waals surface area contributed by atoms with Crippen molar-refractivity contribution in [1.82, 2.24) is 0 Å². The minimum Gasteiger partial charge on any atom is -0.299 e. The minimum absolute atomic E-state index is 0.235. The molecule has 0 unspecified atom stereocenters. The molecule has 1 aromatic rings. The lowest BCUT2D eigenvalue weighted by Gasteiger charge is -2.05. The summed E-state index contributed by atoms with van der Waals surface area (Å²) in [5.41, 5.74) is 1.82. The van der Waals surface area contributed by atoms with Crippen LogP contribution in [-0.4, -0.2) is 5.78 Å². The third-order valence-corrected chi connectivity index (χ3v) is 3.00. The molecule has 0 bridgehead atoms. The maximum absolute atomic E-state index is 12.9. The molecule has 0 N–H and O–H groups in total. The van der Waals surface area contributed by atoms with Crippen LogP contribution in [0.4, 0.5) is 4.39 Å². The van der Waals surface area contributed by atoms with Gasteiger partial charge in [-0.1, -0.05) is 32.3 Å². The molecule has 0 aliphatic heterocycles. The Kier molecular flexibility index (Phi) is 5.88. The summed E-state index contributed by atoms with van der Waals surface area (Å²) in [6.45, 7) is 4.01. The average molecular weight is 236 g/mol. The molecule has 0 aliphatic rings. The highest BCUT2D eigenvalue weighted by Gasteiger charge is 2.06. The van der Waals surface area contributed by atoms with Gasteiger partial charge in [0.15, 0.2) is 0 Å². The van der Waals surface area contributed by atoms with Crippen molar-refractivity contribution in [3.05, 3.63) is 35.1 Å². The van der Waals surface area contributed by atoms with Gasteiger partial charge < -0.3 is 0 Å². The number of aryl methyl sites for hydroxylation is 1. The van der Waals surface area contributed by atoms with Gasteiger partial charge in [-0.05, 0) is 36.6 Å². The van der Waals surface area contributed by atoms with E-state index in [4.69, 9.17) is 0 Å². The van der Waals surface area contributed by atoms with Gasteiger partial charge in [-0.2, -0.15) is 0 Å². The molecular weight excluding hydrogens is 215 g/mol. The van der Waals surface area contributed by atoms with Crippen molar-refractivity contribution in [3.63, 3.8) is 0 Å². The van der Waals surface area contributed by atoms with Crippen LogP contribution in [-0.2, 0) is 11.2 Å². The quantitative estimate of drug-likeness (QED) is 0.648. The first kappa shape index (κ1) is 13.9. The maximum atomic E-state index is 12.9. The predicted octanol–water partition coefficient (Wildman–Crippen LogP) is 4.22. The monoisotopic (exact) mass is 236 g/mol. The van der Waals surface area contributed by atoms with Gasteiger partial charge in [0.05, 0.1) is 0 Å². The predicted molar refractivity (Wildman–Crippen MR) is 68.6 cm³/mol. The maximum Gasteiger partial charge on any atom is 0.137 e. The van der Waals surface area contributed by atoms with Crippen LogP contribution in [0, 0.1) is 12.7 Å². The first-order valence-corrected chi connectivity index (χ1v) is 6.40. The molecule has 0 aromatic heterocycles. The Hall–Kier alpha value is -1.18. The lowest BCUT2D eigenvalue weighted by Crippen LogP contribution is -2.04. The third-order valence-electron chi connectivity index (χ3n) is 3.00. The van der Waals surface area contributed by atoms with Gasteiger partial charge >= 0.3 is 0 Å². The van der Waals surface area contributed by atoms with Crippen molar-refractivity contribution in [2.75, 3.05) is 0 Å². The molecule has 0 heterocycles. The zero-order valence-corrected chi connectivity index (χ0v) is 10.8. The largest absolute Gasteiger partial charge is 0.299 e. The number of carbonyl (C=O) groups excluding carboxylic acids is 1. The Labute approximate surface area is 103 Å². The van der Waals surface area contributed by atoms with E-state index in [0.717, 1.165) is 24.0 Å². The highest BCUT2D eigenvalue weighted by molar-refractivity contribution is 5.81. The van der Waals surface area contributed by atoms with Crippen molar-refractivity contribution in [1.29, 1.82) is 0 Å². The molecule has 0 spiro atoms. The molecular formula is C15H21FO. The molecule has 0 radical (unpaired) electrons. The van der Waals surface area contributed by atoms with Gasteiger partial charge in [-0.15, -0.1) is 0 Å². The second kappa shape index (κ2) is 7.21. The van der Waals surface area contributed by atoms with Gasteiger partial charge in [-0.3, -0.25) is 4.79 Å². The van der Waals surface area contributed by atoms with Crippen molar-refractivity contribution in [2.45, 2.75) is 52.4 Å². The molecule has 0 fully saturated rings. The standard InChI is InChI=1S/C15H21FO/c1-3-4-5-6-7-15(17)11-13-8-9-14(16)10-12(13)2/h8-10H,3-7,11H2,1-2H3. The molecule has 17 heavy (non-hydrogen) atoms. The molecule has 2 heteroatoms. The summed E-state index contributed by atoms with van der Waals surface area (Å²) in [5, 5.41) is 0. The third kappa shape index (κ3) is 5.12. The fourth-order valence-electron chi connectivity index (χ4n) is 1.91. The van der Waals surface area contributed by atoms with E-state index < -0.39 is 0 Å². The van der Waals surface area contributed by atoms with Crippen molar-refractivity contribution < 1.29 is 9.18 Å². The number of carbonyl (C=O) groups is 1. The lowest BCUT2D eigenvalue weighted by atomic mass is 10.0. The zero-order chi connectivity index (χ0) is 12.7. The number of hydrogen-bond acceptors (Lipinski definition) is 1. The van der Waals surface area contributed by atoms with E-state index >= 15 is 0 Å². The summed E-state index contributed by atoms with van der Waals surface area (Å²) in [6.07, 6.45) is 5.58. The molecule has 0 atom stereocenters. The molecule has 94 valence electrons. The van der Waals surface area contributed by atoms with Crippen LogP contribution in [0.5, 0.6) is 0 Å². The topological polar surface area (TPSA) is 17.1 Å². The van der Waals surface area contributed by atoms with E-state index in [1.807, 2.05) is 6.92 Å². The van der Waals surface area contributed by atoms with Gasteiger partial charge in [0.2, 0.25) is 0 Å². The van der Waals surface area contributed by atoms with Crippen LogP contribution in [0.3, 0.4) is 0 Å². The smallest absolute Gasteiger partial charge is 0.137 e. The summed E-state index contributed by atoms with van der Waals surface area (Å²) >= 11 is 0. The molecule has 0 aliphatic carbocycles. The molecule has 0 saturated carbocycles. The van der Waals surface area contributed by atoms with Crippen LogP contribution in [0.1, 0.15) is 50.2 Å². The van der Waals surface area contributed by atoms with Crippen LogP contribution in [0.25, 0.3) is 0 Å². The summed E-state index contributed by atoms with van der Waals surface area (Å²) in [5.74, 6) is 0.0254. The highest BCUT2D eigenvalue weighted by atomic mass is 19.1. The Balaban J connectivity index is 2.40. The van der Waals surface area contributed by atoms with Crippen LogP contribution in [0.15, 0.2) is 18.2 Å². The van der Waals surface area contributed by atoms with Crippen molar-refractivity contribution in [2.24, 2.45) is 0 Å². The highest BCUT2D eigenvalue weighted by Crippen LogP contribution is 2.13.